The van der Waals surface area contributed by atoms with Gasteiger partial charge in [-0.3, -0.25) is 0 Å². The van der Waals surface area contributed by atoms with Crippen molar-refractivity contribution in [2.75, 3.05) is 6.66 Å². The zero-order valence-corrected chi connectivity index (χ0v) is 17.2. The third kappa shape index (κ3) is 2.88. The molecule has 0 amide bonds. The van der Waals surface area contributed by atoms with Crippen molar-refractivity contribution in [3.05, 3.63) is 12.3 Å². The molecule has 5 unspecified atom stereocenters. The average molecular weight is 324 g/mol. The van der Waals surface area contributed by atoms with Crippen molar-refractivity contribution in [2.24, 2.45) is 22.2 Å². The first-order valence-electron chi connectivity index (χ1n) is 9.00. The predicted octanol–water partition coefficient (Wildman–Crippen LogP) is 5.81. The van der Waals surface area contributed by atoms with Gasteiger partial charge in [0.05, 0.1) is 0 Å². The Morgan fingerprint density at radius 1 is 1.23 bits per heavy atom. The minimum atomic E-state index is 0.223. The summed E-state index contributed by atoms with van der Waals surface area (Å²) in [6.07, 6.45) is 5.33. The molecule has 2 heteroatoms. The summed E-state index contributed by atoms with van der Waals surface area (Å²) in [5.41, 5.74) is 2.54. The largest absolute Gasteiger partial charge is 0.385 e. The molecule has 0 spiro atoms. The van der Waals surface area contributed by atoms with Gasteiger partial charge < -0.3 is 5.32 Å². The average Bonchev–Trinajstić information content (AvgIpc) is 2.69. The molecule has 5 atom stereocenters. The highest BCUT2D eigenvalue weighted by atomic mass is 31.1. The molecular formula is C20H38NP. The van der Waals surface area contributed by atoms with E-state index in [0.717, 1.165) is 14.5 Å². The standard InChI is InChI=1S/C20H38NP/c1-14(20(8,22-9)13-17(2,3)4)21-16-12-15-10-11-19(16,7)18(15,5)6/h15-16,21-22H,1,10-13H2,2-9H3. The van der Waals surface area contributed by atoms with Gasteiger partial charge in [-0.2, -0.15) is 0 Å². The van der Waals surface area contributed by atoms with E-state index in [9.17, 15) is 0 Å². The Bertz CT molecular complexity index is 447. The van der Waals surface area contributed by atoms with E-state index in [1.807, 2.05) is 0 Å². The molecule has 22 heavy (non-hydrogen) atoms. The molecule has 2 aliphatic rings. The summed E-state index contributed by atoms with van der Waals surface area (Å²) in [5, 5.41) is 4.16. The van der Waals surface area contributed by atoms with Crippen LogP contribution in [0.4, 0.5) is 0 Å². The highest BCUT2D eigenvalue weighted by Crippen LogP contribution is 2.65. The van der Waals surface area contributed by atoms with Crippen molar-refractivity contribution in [1.29, 1.82) is 0 Å². The van der Waals surface area contributed by atoms with Gasteiger partial charge in [-0.05, 0) is 54.5 Å². The maximum Gasteiger partial charge on any atom is 0.0320 e. The van der Waals surface area contributed by atoms with Crippen LogP contribution in [-0.2, 0) is 0 Å². The van der Waals surface area contributed by atoms with Crippen LogP contribution in [-0.4, -0.2) is 17.9 Å². The maximum atomic E-state index is 4.50. The van der Waals surface area contributed by atoms with E-state index in [0.29, 0.717) is 22.3 Å². The molecule has 1 nitrogen and oxygen atoms in total. The van der Waals surface area contributed by atoms with Crippen molar-refractivity contribution in [2.45, 2.75) is 85.3 Å². The summed E-state index contributed by atoms with van der Waals surface area (Å²) in [6, 6.07) is 0.615. The molecule has 128 valence electrons. The number of hydrogen-bond donors (Lipinski definition) is 1. The number of hydrogen-bond acceptors (Lipinski definition) is 1. The Labute approximate surface area is 140 Å². The smallest absolute Gasteiger partial charge is 0.0320 e. The maximum absolute atomic E-state index is 4.50. The number of nitrogens with one attached hydrogen (secondary N) is 1. The van der Waals surface area contributed by atoms with Gasteiger partial charge in [0.1, 0.15) is 0 Å². The SMILES string of the molecule is C=C(NC1CC2CCC1(C)C2(C)C)C(C)(CC(C)(C)C)PC. The van der Waals surface area contributed by atoms with Crippen LogP contribution in [0.1, 0.15) is 74.1 Å². The lowest BCUT2D eigenvalue weighted by atomic mass is 9.69. The number of allylic oxidation sites excluding steroid dienone is 1. The monoisotopic (exact) mass is 323 g/mol. The molecule has 0 saturated heterocycles. The molecule has 2 aliphatic carbocycles. The van der Waals surface area contributed by atoms with Crippen LogP contribution >= 0.6 is 8.58 Å². The molecule has 2 rings (SSSR count). The molecule has 0 aromatic heterocycles. The molecule has 0 aromatic rings. The van der Waals surface area contributed by atoms with E-state index >= 15 is 0 Å². The zero-order valence-electron chi connectivity index (χ0n) is 16.2. The Balaban J connectivity index is 2.13. The van der Waals surface area contributed by atoms with Crippen LogP contribution in [0.3, 0.4) is 0 Å². The Hall–Kier alpha value is -0.0300. The minimum absolute atomic E-state index is 0.223. The summed E-state index contributed by atoms with van der Waals surface area (Å²) in [4.78, 5) is 0. The second-order valence-electron chi connectivity index (χ2n) is 10.1. The van der Waals surface area contributed by atoms with E-state index in [1.54, 1.807) is 0 Å². The van der Waals surface area contributed by atoms with Gasteiger partial charge in [-0.15, -0.1) is 8.58 Å². The van der Waals surface area contributed by atoms with E-state index in [2.05, 4.69) is 67.0 Å². The van der Waals surface area contributed by atoms with E-state index in [-0.39, 0.29) is 5.16 Å². The lowest BCUT2D eigenvalue weighted by Gasteiger charge is -2.44. The zero-order chi connectivity index (χ0) is 17.0. The number of fused-ring (bicyclic) bond motifs is 2. The highest BCUT2D eigenvalue weighted by molar-refractivity contribution is 7.39. The first-order chi connectivity index (χ1) is 9.86. The first-order valence-corrected chi connectivity index (χ1v) is 10.5. The summed E-state index contributed by atoms with van der Waals surface area (Å²) in [7, 11) is 0.896. The minimum Gasteiger partial charge on any atom is -0.385 e. The molecule has 0 aliphatic heterocycles. The second-order valence-corrected chi connectivity index (χ2v) is 11.7. The summed E-state index contributed by atoms with van der Waals surface area (Å²) in [5.74, 6) is 0.890. The molecule has 0 aromatic carbocycles. The molecule has 0 heterocycles. The normalized spacial score (nSPS) is 36.7. The van der Waals surface area contributed by atoms with Crippen molar-refractivity contribution >= 4 is 8.58 Å². The van der Waals surface area contributed by atoms with E-state index < -0.39 is 0 Å². The third-order valence-electron chi connectivity index (χ3n) is 7.24. The van der Waals surface area contributed by atoms with Gasteiger partial charge in [0.25, 0.3) is 0 Å². The Morgan fingerprint density at radius 3 is 2.18 bits per heavy atom. The summed E-state index contributed by atoms with van der Waals surface area (Å²) < 4.78 is 0. The molecular weight excluding hydrogens is 285 g/mol. The van der Waals surface area contributed by atoms with E-state index in [4.69, 9.17) is 0 Å². The van der Waals surface area contributed by atoms with Gasteiger partial charge in [0, 0.05) is 16.9 Å². The fourth-order valence-corrected chi connectivity index (χ4v) is 6.28. The van der Waals surface area contributed by atoms with Crippen LogP contribution in [0.5, 0.6) is 0 Å². The van der Waals surface area contributed by atoms with Crippen LogP contribution in [0, 0.1) is 22.2 Å². The molecule has 0 radical (unpaired) electrons. The predicted molar refractivity (Wildman–Crippen MR) is 102 cm³/mol. The first kappa shape index (κ1) is 18.3. The van der Waals surface area contributed by atoms with E-state index in [1.165, 1.54) is 31.4 Å². The van der Waals surface area contributed by atoms with Crippen molar-refractivity contribution in [3.8, 4) is 0 Å². The molecule has 2 fully saturated rings. The third-order valence-corrected chi connectivity index (χ3v) is 8.83. The topological polar surface area (TPSA) is 12.0 Å². The van der Waals surface area contributed by atoms with Crippen molar-refractivity contribution in [1.82, 2.24) is 5.32 Å². The van der Waals surface area contributed by atoms with Crippen LogP contribution in [0.2, 0.25) is 0 Å². The van der Waals surface area contributed by atoms with Crippen LogP contribution in [0.25, 0.3) is 0 Å². The lowest BCUT2D eigenvalue weighted by molar-refractivity contribution is 0.124. The molecule has 2 saturated carbocycles. The van der Waals surface area contributed by atoms with Gasteiger partial charge in [0.2, 0.25) is 0 Å². The fourth-order valence-electron chi connectivity index (χ4n) is 5.20. The second kappa shape index (κ2) is 5.51. The summed E-state index contributed by atoms with van der Waals surface area (Å²) >= 11 is 0. The van der Waals surface area contributed by atoms with Gasteiger partial charge in [0.15, 0.2) is 0 Å². The van der Waals surface area contributed by atoms with Crippen LogP contribution in [0.15, 0.2) is 12.3 Å². The molecule has 1 N–H and O–H groups in total. The number of rotatable bonds is 5. The van der Waals surface area contributed by atoms with Gasteiger partial charge in [-0.25, -0.2) is 0 Å². The molecule has 2 bridgehead atoms. The fraction of sp³-hybridized carbons (Fsp3) is 0.900. The summed E-state index contributed by atoms with van der Waals surface area (Å²) in [6.45, 7) is 23.8. The lowest BCUT2D eigenvalue weighted by Crippen LogP contribution is -2.47. The van der Waals surface area contributed by atoms with Crippen LogP contribution < -0.4 is 5.32 Å². The highest BCUT2D eigenvalue weighted by Gasteiger charge is 2.61. The van der Waals surface area contributed by atoms with Crippen molar-refractivity contribution < 1.29 is 0 Å². The Morgan fingerprint density at radius 2 is 1.82 bits per heavy atom. The Kier molecular flexibility index (Phi) is 4.58. The van der Waals surface area contributed by atoms with Gasteiger partial charge >= 0.3 is 0 Å². The van der Waals surface area contributed by atoms with Gasteiger partial charge in [-0.1, -0.05) is 55.0 Å². The van der Waals surface area contributed by atoms with Crippen molar-refractivity contribution in [3.63, 3.8) is 0 Å². The quantitative estimate of drug-likeness (QED) is 0.630.